The van der Waals surface area contributed by atoms with E-state index in [1.165, 1.54) is 0 Å². The van der Waals surface area contributed by atoms with Gasteiger partial charge in [-0.1, -0.05) is 39.8 Å². The molecule has 0 spiro atoms. The zero-order chi connectivity index (χ0) is 34.4. The second kappa shape index (κ2) is 22.6. The van der Waals surface area contributed by atoms with E-state index < -0.39 is 41.8 Å². The topological polar surface area (TPSA) is 150 Å². The zero-order valence-electron chi connectivity index (χ0n) is 27.6. The highest BCUT2D eigenvalue weighted by Gasteiger charge is 2.34. The van der Waals surface area contributed by atoms with Crippen LogP contribution < -0.4 is 5.32 Å². The molecule has 2 atom stereocenters. The number of esters is 3. The summed E-state index contributed by atoms with van der Waals surface area (Å²) < 4.78 is 48.8. The van der Waals surface area contributed by atoms with Crippen molar-refractivity contribution in [3.8, 4) is 0 Å². The van der Waals surface area contributed by atoms with Gasteiger partial charge in [0.25, 0.3) is 0 Å². The average molecular weight is 631 g/mol. The van der Waals surface area contributed by atoms with Crippen molar-refractivity contribution in [3.63, 3.8) is 0 Å². The van der Waals surface area contributed by atoms with Gasteiger partial charge in [0.1, 0.15) is 13.2 Å². The van der Waals surface area contributed by atoms with Crippen molar-refractivity contribution in [1.82, 2.24) is 5.32 Å². The van der Waals surface area contributed by atoms with Gasteiger partial charge in [-0.25, -0.2) is 4.79 Å². The number of hydrogen-bond donors (Lipinski definition) is 2. The fraction of sp³-hybridized carbons (Fsp3) is 0.828. The molecule has 0 aliphatic rings. The minimum absolute atomic E-state index is 0.0613. The van der Waals surface area contributed by atoms with Crippen LogP contribution in [0.25, 0.3) is 0 Å². The van der Waals surface area contributed by atoms with E-state index in [4.69, 9.17) is 14.6 Å². The van der Waals surface area contributed by atoms with Gasteiger partial charge in [-0.3, -0.25) is 19.2 Å². The average Bonchev–Trinajstić information content (AvgIpc) is 2.94. The standard InChI is InChI=1S/C13H24N2O4.C8H13F3O2.C8H16O3/c1-6-10(3)15-19-12(17)14-8-9-18-11(16)13(4,5)7-2;1-4-7(2,3)6(12)13-5-8(9,10)11;1-4-6(2)8(10)11-5-7(3)9/h6-9H2,1-5H3,(H,14,17);4-5H2,1-3H3;6-7,9H,4-5H2,1-3H3/b15-10-;;. The summed E-state index contributed by atoms with van der Waals surface area (Å²) in [7, 11) is 0. The number of alkyl halides is 3. The maximum atomic E-state index is 11.6. The molecule has 43 heavy (non-hydrogen) atoms. The molecule has 0 aliphatic carbocycles. The first-order valence-corrected chi connectivity index (χ1v) is 14.3. The third kappa shape index (κ3) is 25.3. The number of carbonyl (C=O) groups is 4. The van der Waals surface area contributed by atoms with Gasteiger partial charge in [0, 0.05) is 0 Å². The number of ether oxygens (including phenoxy) is 3. The summed E-state index contributed by atoms with van der Waals surface area (Å²) in [6.45, 7) is 18.3. The van der Waals surface area contributed by atoms with Crippen LogP contribution in [0.4, 0.5) is 18.0 Å². The highest BCUT2D eigenvalue weighted by Crippen LogP contribution is 2.23. The molecule has 0 aliphatic heterocycles. The summed E-state index contributed by atoms with van der Waals surface area (Å²) in [6, 6.07) is 0. The molecule has 11 nitrogen and oxygen atoms in total. The smallest absolute Gasteiger partial charge is 0.433 e. The Hall–Kier alpha value is -2.90. The summed E-state index contributed by atoms with van der Waals surface area (Å²) in [4.78, 5) is 49.3. The molecular weight excluding hydrogens is 577 g/mol. The predicted octanol–water partition coefficient (Wildman–Crippen LogP) is 5.96. The molecule has 2 unspecified atom stereocenters. The number of nitrogens with zero attached hydrogens (tertiary/aromatic N) is 1. The molecule has 0 aromatic heterocycles. The second-order valence-corrected chi connectivity index (χ2v) is 11.1. The molecule has 0 fully saturated rings. The van der Waals surface area contributed by atoms with Crippen LogP contribution in [0.5, 0.6) is 0 Å². The van der Waals surface area contributed by atoms with E-state index in [9.17, 15) is 32.3 Å². The number of aliphatic hydroxyl groups excluding tert-OH is 1. The van der Waals surface area contributed by atoms with Crippen LogP contribution >= 0.6 is 0 Å². The van der Waals surface area contributed by atoms with Crippen LogP contribution in [0.3, 0.4) is 0 Å². The van der Waals surface area contributed by atoms with E-state index in [1.807, 2.05) is 41.5 Å². The summed E-state index contributed by atoms with van der Waals surface area (Å²) in [5.74, 6) is -1.38. The Labute approximate surface area is 254 Å². The van der Waals surface area contributed by atoms with Crippen LogP contribution in [0.1, 0.15) is 102 Å². The number of rotatable bonds is 14. The van der Waals surface area contributed by atoms with Crippen molar-refractivity contribution in [1.29, 1.82) is 0 Å². The van der Waals surface area contributed by atoms with Crippen LogP contribution in [-0.4, -0.2) is 73.5 Å². The van der Waals surface area contributed by atoms with E-state index >= 15 is 0 Å². The molecule has 14 heteroatoms. The molecule has 0 rings (SSSR count). The van der Waals surface area contributed by atoms with Gasteiger partial charge < -0.3 is 24.6 Å². The monoisotopic (exact) mass is 630 g/mol. The molecule has 0 saturated heterocycles. The molecule has 0 radical (unpaired) electrons. The second-order valence-electron chi connectivity index (χ2n) is 11.1. The Morgan fingerprint density at radius 3 is 1.74 bits per heavy atom. The Morgan fingerprint density at radius 1 is 0.860 bits per heavy atom. The van der Waals surface area contributed by atoms with Gasteiger partial charge >= 0.3 is 30.2 Å². The number of nitrogens with one attached hydrogen (secondary N) is 1. The van der Waals surface area contributed by atoms with Gasteiger partial charge in [-0.15, -0.1) is 0 Å². The molecule has 1 amide bonds. The molecule has 0 aromatic carbocycles. The zero-order valence-corrected chi connectivity index (χ0v) is 27.6. The number of aliphatic hydroxyl groups is 1. The lowest BCUT2D eigenvalue weighted by molar-refractivity contribution is -0.192. The molecule has 0 bridgehead atoms. The van der Waals surface area contributed by atoms with E-state index in [-0.39, 0.29) is 37.6 Å². The molecule has 0 heterocycles. The lowest BCUT2D eigenvalue weighted by Gasteiger charge is -2.20. The number of oxime groups is 1. The fourth-order valence-corrected chi connectivity index (χ4v) is 1.85. The highest BCUT2D eigenvalue weighted by molar-refractivity contribution is 5.82. The first-order valence-electron chi connectivity index (χ1n) is 14.3. The van der Waals surface area contributed by atoms with Crippen molar-refractivity contribution in [2.75, 3.05) is 26.4 Å². The van der Waals surface area contributed by atoms with Crippen LogP contribution in [-0.2, 0) is 33.4 Å². The van der Waals surface area contributed by atoms with E-state index in [0.717, 1.165) is 18.6 Å². The Balaban J connectivity index is -0.000000585. The summed E-state index contributed by atoms with van der Waals surface area (Å²) >= 11 is 0. The third-order valence-electron chi connectivity index (χ3n) is 6.12. The van der Waals surface area contributed by atoms with E-state index in [0.29, 0.717) is 12.8 Å². The molecule has 0 aromatic rings. The largest absolute Gasteiger partial charge is 0.463 e. The number of halogens is 3. The van der Waals surface area contributed by atoms with E-state index in [2.05, 4.69) is 20.0 Å². The summed E-state index contributed by atoms with van der Waals surface area (Å²) in [5.41, 5.74) is -0.611. The van der Waals surface area contributed by atoms with Gasteiger partial charge in [0.15, 0.2) is 6.61 Å². The lowest BCUT2D eigenvalue weighted by Crippen LogP contribution is -2.31. The summed E-state index contributed by atoms with van der Waals surface area (Å²) in [6.07, 6.45) is -3.02. The quantitative estimate of drug-likeness (QED) is 0.0592. The van der Waals surface area contributed by atoms with Crippen molar-refractivity contribution in [2.45, 2.75) is 114 Å². The van der Waals surface area contributed by atoms with E-state index in [1.54, 1.807) is 34.6 Å². The molecular formula is C29H53F3N2O9. The fourth-order valence-electron chi connectivity index (χ4n) is 1.85. The minimum atomic E-state index is -4.44. The van der Waals surface area contributed by atoms with Gasteiger partial charge in [0.05, 0.1) is 35.1 Å². The maximum Gasteiger partial charge on any atom is 0.433 e. The molecule has 0 saturated carbocycles. The maximum absolute atomic E-state index is 11.6. The number of hydrogen-bond acceptors (Lipinski definition) is 10. The highest BCUT2D eigenvalue weighted by atomic mass is 19.4. The predicted molar refractivity (Wildman–Crippen MR) is 156 cm³/mol. The Morgan fingerprint density at radius 2 is 1.35 bits per heavy atom. The Bertz CT molecular complexity index is 859. The number of amides is 1. The third-order valence-corrected chi connectivity index (χ3v) is 6.12. The minimum Gasteiger partial charge on any atom is -0.463 e. The first-order chi connectivity index (χ1) is 19.6. The van der Waals surface area contributed by atoms with Crippen LogP contribution in [0.15, 0.2) is 5.16 Å². The first kappa shape index (κ1) is 44.5. The van der Waals surface area contributed by atoms with Gasteiger partial charge in [0.2, 0.25) is 0 Å². The molecule has 254 valence electrons. The normalized spacial score (nSPS) is 13.1. The summed E-state index contributed by atoms with van der Waals surface area (Å²) in [5, 5.41) is 14.8. The number of carbonyl (C=O) groups excluding carboxylic acids is 4. The Kier molecular flexibility index (Phi) is 23.4. The van der Waals surface area contributed by atoms with Crippen molar-refractivity contribution < 1.29 is 56.5 Å². The van der Waals surface area contributed by atoms with Crippen LogP contribution in [0, 0.1) is 16.7 Å². The van der Waals surface area contributed by atoms with Crippen molar-refractivity contribution in [3.05, 3.63) is 0 Å². The van der Waals surface area contributed by atoms with Gasteiger partial charge in [-0.05, 0) is 67.2 Å². The van der Waals surface area contributed by atoms with Crippen LogP contribution in [0.2, 0.25) is 0 Å². The van der Waals surface area contributed by atoms with Gasteiger partial charge in [-0.2, -0.15) is 13.2 Å². The lowest BCUT2D eigenvalue weighted by atomic mass is 9.91. The molecule has 2 N–H and O–H groups in total. The SMILES string of the molecule is CC/C(C)=N\OC(=O)NCCOC(=O)C(C)(C)CC.CCC(C)(C)C(=O)OCC(F)(F)F.CCC(C)C(=O)OCC(C)O. The van der Waals surface area contributed by atoms with Crippen molar-refractivity contribution >= 4 is 29.7 Å². The van der Waals surface area contributed by atoms with Crippen molar-refractivity contribution in [2.24, 2.45) is 21.9 Å².